The van der Waals surface area contributed by atoms with Crippen LogP contribution >= 0.6 is 0 Å². The Kier molecular flexibility index (Phi) is 5.96. The zero-order valence-electron chi connectivity index (χ0n) is 15.9. The van der Waals surface area contributed by atoms with Crippen LogP contribution in [0.5, 0.6) is 5.75 Å². The first-order valence-electron chi connectivity index (χ1n) is 9.29. The van der Waals surface area contributed by atoms with Gasteiger partial charge in [-0.25, -0.2) is 0 Å². The highest BCUT2D eigenvalue weighted by atomic mass is 16.5. The number of nitrogens with zero attached hydrogens (tertiary/aromatic N) is 2. The van der Waals surface area contributed by atoms with Crippen LogP contribution in [-0.4, -0.2) is 47.4 Å². The first kappa shape index (κ1) is 18.5. The van der Waals surface area contributed by atoms with Gasteiger partial charge in [0.15, 0.2) is 0 Å². The number of para-hydroxylation sites is 1. The molecule has 0 fully saturated rings. The SMILES string of the molecule is CCN(CC)C[C@H](O)Cn1c(-c2ccc(OC)cc2)cc2ccccc21. The molecule has 0 aliphatic heterocycles. The lowest BCUT2D eigenvalue weighted by Gasteiger charge is -2.23. The van der Waals surface area contributed by atoms with Crippen LogP contribution in [0.25, 0.3) is 22.2 Å². The maximum absolute atomic E-state index is 10.7. The highest BCUT2D eigenvalue weighted by molar-refractivity contribution is 5.87. The van der Waals surface area contributed by atoms with Crippen LogP contribution < -0.4 is 4.74 Å². The van der Waals surface area contributed by atoms with Crippen molar-refractivity contribution in [2.45, 2.75) is 26.5 Å². The Morgan fingerprint density at radius 1 is 1.04 bits per heavy atom. The average molecular weight is 352 g/mol. The van der Waals surface area contributed by atoms with E-state index >= 15 is 0 Å². The molecule has 0 saturated carbocycles. The van der Waals surface area contributed by atoms with Crippen LogP contribution in [0.15, 0.2) is 54.6 Å². The molecule has 138 valence electrons. The van der Waals surface area contributed by atoms with Gasteiger partial charge in [-0.15, -0.1) is 0 Å². The van der Waals surface area contributed by atoms with E-state index in [1.54, 1.807) is 7.11 Å². The summed E-state index contributed by atoms with van der Waals surface area (Å²) in [7, 11) is 1.68. The van der Waals surface area contributed by atoms with E-state index in [-0.39, 0.29) is 0 Å². The third-order valence-electron chi connectivity index (χ3n) is 4.95. The molecule has 1 N–H and O–H groups in total. The molecule has 0 aliphatic rings. The standard InChI is InChI=1S/C22H28N2O2/c1-4-23(5-2)15-19(25)16-24-21-9-7-6-8-18(21)14-22(24)17-10-12-20(26-3)13-11-17/h6-14,19,25H,4-5,15-16H2,1-3H3/t19-/m0/s1. The molecule has 0 spiro atoms. The van der Waals surface area contributed by atoms with Gasteiger partial charge in [0.05, 0.1) is 19.8 Å². The van der Waals surface area contributed by atoms with Crippen molar-refractivity contribution in [3.05, 3.63) is 54.6 Å². The second-order valence-corrected chi connectivity index (χ2v) is 6.57. The fraction of sp³-hybridized carbons (Fsp3) is 0.364. The number of hydrogen-bond donors (Lipinski definition) is 1. The smallest absolute Gasteiger partial charge is 0.118 e. The number of aromatic nitrogens is 1. The molecule has 4 nitrogen and oxygen atoms in total. The van der Waals surface area contributed by atoms with Gasteiger partial charge in [-0.2, -0.15) is 0 Å². The summed E-state index contributed by atoms with van der Waals surface area (Å²) in [6, 6.07) is 18.6. The first-order chi connectivity index (χ1) is 12.7. The van der Waals surface area contributed by atoms with E-state index in [4.69, 9.17) is 4.74 Å². The summed E-state index contributed by atoms with van der Waals surface area (Å²) in [5.74, 6) is 0.845. The van der Waals surface area contributed by atoms with Crippen molar-refractivity contribution in [1.29, 1.82) is 0 Å². The Bertz CT molecular complexity index is 835. The molecule has 3 aromatic rings. The maximum Gasteiger partial charge on any atom is 0.118 e. The zero-order valence-corrected chi connectivity index (χ0v) is 15.9. The second-order valence-electron chi connectivity index (χ2n) is 6.57. The van der Waals surface area contributed by atoms with Crippen molar-refractivity contribution in [2.75, 3.05) is 26.7 Å². The van der Waals surface area contributed by atoms with Gasteiger partial charge in [0.25, 0.3) is 0 Å². The molecular formula is C22H28N2O2. The molecule has 4 heteroatoms. The molecule has 0 saturated heterocycles. The van der Waals surface area contributed by atoms with Gasteiger partial charge in [-0.3, -0.25) is 0 Å². The number of rotatable bonds is 8. The maximum atomic E-state index is 10.7. The summed E-state index contributed by atoms with van der Waals surface area (Å²) in [6.07, 6.45) is -0.414. The van der Waals surface area contributed by atoms with Crippen molar-refractivity contribution < 1.29 is 9.84 Å². The van der Waals surface area contributed by atoms with Crippen LogP contribution in [0, 0.1) is 0 Å². The number of aliphatic hydroxyl groups excluding tert-OH is 1. The van der Waals surface area contributed by atoms with Gasteiger partial charge in [-0.05, 0) is 55.1 Å². The number of hydrogen-bond acceptors (Lipinski definition) is 3. The lowest BCUT2D eigenvalue weighted by Crippen LogP contribution is -2.34. The topological polar surface area (TPSA) is 37.6 Å². The minimum atomic E-state index is -0.414. The predicted molar refractivity (Wildman–Crippen MR) is 108 cm³/mol. The average Bonchev–Trinajstić information content (AvgIpc) is 3.04. The Morgan fingerprint density at radius 3 is 2.38 bits per heavy atom. The zero-order chi connectivity index (χ0) is 18.5. The van der Waals surface area contributed by atoms with E-state index in [1.807, 2.05) is 18.2 Å². The number of ether oxygens (including phenoxy) is 1. The lowest BCUT2D eigenvalue weighted by atomic mass is 10.1. The van der Waals surface area contributed by atoms with Gasteiger partial charge in [-0.1, -0.05) is 32.0 Å². The van der Waals surface area contributed by atoms with E-state index < -0.39 is 6.10 Å². The summed E-state index contributed by atoms with van der Waals surface area (Å²) < 4.78 is 7.50. The van der Waals surface area contributed by atoms with Gasteiger partial charge < -0.3 is 19.3 Å². The number of fused-ring (bicyclic) bond motifs is 1. The van der Waals surface area contributed by atoms with E-state index in [0.717, 1.165) is 35.6 Å². The molecule has 0 unspecified atom stereocenters. The third kappa shape index (κ3) is 3.92. The number of aliphatic hydroxyl groups is 1. The van der Waals surface area contributed by atoms with E-state index in [9.17, 15) is 5.11 Å². The Morgan fingerprint density at radius 2 is 1.73 bits per heavy atom. The molecule has 1 atom stereocenters. The predicted octanol–water partition coefficient (Wildman–Crippen LogP) is 4.02. The second kappa shape index (κ2) is 8.39. The Labute approximate surface area is 155 Å². The molecule has 0 aliphatic carbocycles. The molecule has 0 amide bonds. The van der Waals surface area contributed by atoms with Crippen molar-refractivity contribution in [3.8, 4) is 17.0 Å². The van der Waals surface area contributed by atoms with Crippen molar-refractivity contribution >= 4 is 10.9 Å². The van der Waals surface area contributed by atoms with Gasteiger partial charge in [0, 0.05) is 23.1 Å². The summed E-state index contributed by atoms with van der Waals surface area (Å²) in [4.78, 5) is 2.25. The first-order valence-corrected chi connectivity index (χ1v) is 9.29. The van der Waals surface area contributed by atoms with Crippen molar-refractivity contribution in [2.24, 2.45) is 0 Å². The molecule has 2 aromatic carbocycles. The molecular weight excluding hydrogens is 324 g/mol. The summed E-state index contributed by atoms with van der Waals surface area (Å²) in [6.45, 7) is 7.41. The minimum Gasteiger partial charge on any atom is -0.497 e. The molecule has 1 heterocycles. The molecule has 0 bridgehead atoms. The highest BCUT2D eigenvalue weighted by Crippen LogP contribution is 2.29. The minimum absolute atomic E-state index is 0.414. The van der Waals surface area contributed by atoms with E-state index in [1.165, 1.54) is 5.39 Å². The third-order valence-corrected chi connectivity index (χ3v) is 4.95. The van der Waals surface area contributed by atoms with E-state index in [2.05, 4.69) is 59.7 Å². The van der Waals surface area contributed by atoms with Gasteiger partial charge >= 0.3 is 0 Å². The van der Waals surface area contributed by atoms with Crippen LogP contribution in [0.2, 0.25) is 0 Å². The van der Waals surface area contributed by atoms with Gasteiger partial charge in [0.2, 0.25) is 0 Å². The molecule has 26 heavy (non-hydrogen) atoms. The quantitative estimate of drug-likeness (QED) is 0.665. The largest absolute Gasteiger partial charge is 0.497 e. The normalized spacial score (nSPS) is 12.7. The van der Waals surface area contributed by atoms with Crippen LogP contribution in [0.1, 0.15) is 13.8 Å². The van der Waals surface area contributed by atoms with Crippen molar-refractivity contribution in [1.82, 2.24) is 9.47 Å². The molecule has 3 rings (SSSR count). The molecule has 0 radical (unpaired) electrons. The molecule has 1 aromatic heterocycles. The van der Waals surface area contributed by atoms with Gasteiger partial charge in [0.1, 0.15) is 5.75 Å². The summed E-state index contributed by atoms with van der Waals surface area (Å²) in [5.41, 5.74) is 3.39. The number of methoxy groups -OCH3 is 1. The van der Waals surface area contributed by atoms with Crippen LogP contribution in [0.4, 0.5) is 0 Å². The summed E-state index contributed by atoms with van der Waals surface area (Å²) in [5, 5.41) is 11.9. The summed E-state index contributed by atoms with van der Waals surface area (Å²) >= 11 is 0. The van der Waals surface area contributed by atoms with E-state index in [0.29, 0.717) is 13.1 Å². The fourth-order valence-corrected chi connectivity index (χ4v) is 3.46. The lowest BCUT2D eigenvalue weighted by molar-refractivity contribution is 0.104. The fourth-order valence-electron chi connectivity index (χ4n) is 3.46. The number of benzene rings is 2. The Balaban J connectivity index is 1.96. The number of likely N-dealkylation sites (N-methyl/N-ethyl adjacent to an activating group) is 1. The van der Waals surface area contributed by atoms with Crippen LogP contribution in [-0.2, 0) is 6.54 Å². The van der Waals surface area contributed by atoms with Crippen molar-refractivity contribution in [3.63, 3.8) is 0 Å². The Hall–Kier alpha value is -2.30. The highest BCUT2D eigenvalue weighted by Gasteiger charge is 2.15. The monoisotopic (exact) mass is 352 g/mol. The van der Waals surface area contributed by atoms with Crippen LogP contribution in [0.3, 0.4) is 0 Å².